The number of allylic oxidation sites excluding steroid dienone is 2. The maximum absolute atomic E-state index is 5.72. The summed E-state index contributed by atoms with van der Waals surface area (Å²) in [6.07, 6.45) is 8.17. The fourth-order valence-corrected chi connectivity index (χ4v) is 2.50. The topological polar surface area (TPSA) is 30.8 Å². The van der Waals surface area contributed by atoms with E-state index < -0.39 is 0 Å². The molecule has 98 valence electrons. The minimum atomic E-state index is -0.0481. The number of rotatable bonds is 4. The second-order valence-corrected chi connectivity index (χ2v) is 4.71. The average Bonchev–Trinajstić information content (AvgIpc) is 3.11. The molecule has 1 aromatic rings. The van der Waals surface area contributed by atoms with Gasteiger partial charge in [0.25, 0.3) is 0 Å². The molecule has 0 aromatic heterocycles. The van der Waals surface area contributed by atoms with Crippen LogP contribution in [0.15, 0.2) is 59.6 Å². The fraction of sp³-hybridized carbons (Fsp3) is 0.312. The lowest BCUT2D eigenvalue weighted by Gasteiger charge is -2.18. The molecule has 0 saturated carbocycles. The molecule has 1 aliphatic heterocycles. The van der Waals surface area contributed by atoms with Crippen LogP contribution in [0.3, 0.4) is 0 Å². The number of aliphatic imine (C=N–C) groups is 1. The summed E-state index contributed by atoms with van der Waals surface area (Å²) in [5, 5.41) is 0. The molecule has 0 bridgehead atoms. The van der Waals surface area contributed by atoms with Crippen LogP contribution in [0.25, 0.3) is 0 Å². The Kier molecular flexibility index (Phi) is 3.47. The molecule has 2 aliphatic rings. The maximum atomic E-state index is 5.72. The molecular formula is C16H17NO2. The molecule has 0 N–H and O–H groups in total. The lowest BCUT2D eigenvalue weighted by atomic mass is 10.0. The minimum Gasteiger partial charge on any atom is -0.478 e. The number of methoxy groups -OCH3 is 1. The van der Waals surface area contributed by atoms with Crippen LogP contribution in [0.4, 0.5) is 0 Å². The highest BCUT2D eigenvalue weighted by molar-refractivity contribution is 5.84. The molecule has 0 amide bonds. The number of ether oxygens (including phenoxy) is 2. The van der Waals surface area contributed by atoms with Gasteiger partial charge in [0.05, 0.1) is 5.92 Å². The second kappa shape index (κ2) is 5.41. The van der Waals surface area contributed by atoms with Gasteiger partial charge in [-0.1, -0.05) is 54.6 Å². The van der Waals surface area contributed by atoms with Crippen molar-refractivity contribution in [2.24, 2.45) is 10.9 Å². The van der Waals surface area contributed by atoms with Gasteiger partial charge in [0.2, 0.25) is 0 Å². The molecule has 0 saturated heterocycles. The molecular weight excluding hydrogens is 238 g/mol. The van der Waals surface area contributed by atoms with Crippen molar-refractivity contribution in [2.45, 2.75) is 12.1 Å². The molecule has 0 spiro atoms. The van der Waals surface area contributed by atoms with Crippen LogP contribution >= 0.6 is 0 Å². The van der Waals surface area contributed by atoms with Crippen molar-refractivity contribution in [1.82, 2.24) is 0 Å². The van der Waals surface area contributed by atoms with E-state index in [0.717, 1.165) is 11.5 Å². The van der Waals surface area contributed by atoms with Gasteiger partial charge < -0.3 is 9.47 Å². The van der Waals surface area contributed by atoms with Crippen molar-refractivity contribution in [2.75, 3.05) is 13.7 Å². The van der Waals surface area contributed by atoms with E-state index in [2.05, 4.69) is 29.3 Å². The summed E-state index contributed by atoms with van der Waals surface area (Å²) in [4.78, 5) is 4.68. The molecule has 2 atom stereocenters. The van der Waals surface area contributed by atoms with Crippen LogP contribution in [0.5, 0.6) is 0 Å². The Bertz CT molecular complexity index is 507. The smallest absolute Gasteiger partial charge is 0.194 e. The highest BCUT2D eigenvalue weighted by atomic mass is 16.5. The summed E-state index contributed by atoms with van der Waals surface area (Å²) in [7, 11) is 1.72. The number of benzene rings is 1. The van der Waals surface area contributed by atoms with Gasteiger partial charge in [0.15, 0.2) is 5.90 Å². The van der Waals surface area contributed by atoms with Gasteiger partial charge in [-0.05, 0) is 5.56 Å². The van der Waals surface area contributed by atoms with Gasteiger partial charge in [-0.2, -0.15) is 0 Å². The lowest BCUT2D eigenvalue weighted by molar-refractivity contribution is 0.0716. The standard InChI is InChI=1S/C16H17NO2/c1-18-15(12-7-3-2-4-8-12)14-11-19-16(17-14)13-9-5-6-10-13/h2-10,13-15H,11H2,1H3/t14-,15-/m0/s1. The number of hydrogen-bond donors (Lipinski definition) is 0. The van der Waals surface area contributed by atoms with E-state index in [9.17, 15) is 0 Å². The first kappa shape index (κ1) is 12.2. The summed E-state index contributed by atoms with van der Waals surface area (Å²) in [5.74, 6) is 0.992. The average molecular weight is 255 g/mol. The maximum Gasteiger partial charge on any atom is 0.194 e. The van der Waals surface area contributed by atoms with Gasteiger partial charge in [-0.3, -0.25) is 0 Å². The van der Waals surface area contributed by atoms with E-state index in [-0.39, 0.29) is 18.1 Å². The van der Waals surface area contributed by atoms with Crippen molar-refractivity contribution >= 4 is 5.90 Å². The van der Waals surface area contributed by atoms with E-state index in [4.69, 9.17) is 9.47 Å². The summed E-state index contributed by atoms with van der Waals surface area (Å²) >= 11 is 0. The molecule has 19 heavy (non-hydrogen) atoms. The zero-order valence-corrected chi connectivity index (χ0v) is 10.9. The molecule has 0 radical (unpaired) electrons. The van der Waals surface area contributed by atoms with E-state index in [1.165, 1.54) is 0 Å². The first-order valence-corrected chi connectivity index (χ1v) is 6.51. The summed E-state index contributed by atoms with van der Waals surface area (Å²) in [6, 6.07) is 10.2. The second-order valence-electron chi connectivity index (χ2n) is 4.71. The summed E-state index contributed by atoms with van der Waals surface area (Å²) in [5.41, 5.74) is 1.14. The Hall–Kier alpha value is -1.87. The summed E-state index contributed by atoms with van der Waals surface area (Å²) < 4.78 is 11.3. The van der Waals surface area contributed by atoms with Gasteiger partial charge in [0.1, 0.15) is 18.8 Å². The van der Waals surface area contributed by atoms with Gasteiger partial charge in [0, 0.05) is 7.11 Å². The molecule has 3 heteroatoms. The molecule has 3 rings (SSSR count). The van der Waals surface area contributed by atoms with Crippen molar-refractivity contribution in [1.29, 1.82) is 0 Å². The van der Waals surface area contributed by atoms with E-state index >= 15 is 0 Å². The third kappa shape index (κ3) is 2.47. The van der Waals surface area contributed by atoms with Crippen LogP contribution < -0.4 is 0 Å². The van der Waals surface area contributed by atoms with Crippen molar-refractivity contribution in [3.63, 3.8) is 0 Å². The van der Waals surface area contributed by atoms with E-state index in [0.29, 0.717) is 6.61 Å². The van der Waals surface area contributed by atoms with Gasteiger partial charge in [-0.15, -0.1) is 0 Å². The quantitative estimate of drug-likeness (QED) is 0.828. The third-order valence-electron chi connectivity index (χ3n) is 3.46. The van der Waals surface area contributed by atoms with Crippen molar-refractivity contribution in [3.05, 3.63) is 60.2 Å². The Morgan fingerprint density at radius 2 is 1.95 bits per heavy atom. The highest BCUT2D eigenvalue weighted by Gasteiger charge is 2.30. The van der Waals surface area contributed by atoms with E-state index in [1.54, 1.807) is 7.11 Å². The molecule has 1 aromatic carbocycles. The Morgan fingerprint density at radius 1 is 1.21 bits per heavy atom. The Morgan fingerprint density at radius 3 is 2.63 bits per heavy atom. The number of hydrogen-bond acceptors (Lipinski definition) is 3. The molecule has 1 aliphatic carbocycles. The Labute approximate surface area is 113 Å². The minimum absolute atomic E-state index is 0.0322. The van der Waals surface area contributed by atoms with Crippen LogP contribution in [0, 0.1) is 5.92 Å². The van der Waals surface area contributed by atoms with Crippen LogP contribution in [0.1, 0.15) is 11.7 Å². The number of nitrogens with zero attached hydrogens (tertiary/aromatic N) is 1. The molecule has 0 fully saturated rings. The zero-order valence-electron chi connectivity index (χ0n) is 10.9. The predicted octanol–water partition coefficient (Wildman–Crippen LogP) is 2.91. The van der Waals surface area contributed by atoms with Crippen molar-refractivity contribution in [3.8, 4) is 0 Å². The normalized spacial score (nSPS) is 23.4. The zero-order chi connectivity index (χ0) is 13.1. The molecule has 3 nitrogen and oxygen atoms in total. The molecule has 1 heterocycles. The molecule has 0 unspecified atom stereocenters. The first-order chi connectivity index (χ1) is 9.38. The SMILES string of the molecule is CO[C@@H](c1ccccc1)[C@@H]1COC(C2C=CC=C2)=N1. The van der Waals surface area contributed by atoms with Crippen LogP contribution in [-0.2, 0) is 9.47 Å². The monoisotopic (exact) mass is 255 g/mol. The first-order valence-electron chi connectivity index (χ1n) is 6.51. The van der Waals surface area contributed by atoms with Crippen LogP contribution in [-0.4, -0.2) is 25.7 Å². The Balaban J connectivity index is 1.78. The highest BCUT2D eigenvalue weighted by Crippen LogP contribution is 2.28. The third-order valence-corrected chi connectivity index (χ3v) is 3.46. The van der Waals surface area contributed by atoms with Gasteiger partial charge in [-0.25, -0.2) is 4.99 Å². The largest absolute Gasteiger partial charge is 0.478 e. The van der Waals surface area contributed by atoms with Crippen molar-refractivity contribution < 1.29 is 9.47 Å². The van der Waals surface area contributed by atoms with Crippen LogP contribution in [0.2, 0.25) is 0 Å². The van der Waals surface area contributed by atoms with E-state index in [1.807, 2.05) is 30.4 Å². The fourth-order valence-electron chi connectivity index (χ4n) is 2.50. The lowest BCUT2D eigenvalue weighted by Crippen LogP contribution is -2.19. The summed E-state index contributed by atoms with van der Waals surface area (Å²) in [6.45, 7) is 0.584. The predicted molar refractivity (Wildman–Crippen MR) is 75.1 cm³/mol. The van der Waals surface area contributed by atoms with Gasteiger partial charge >= 0.3 is 0 Å².